The highest BCUT2D eigenvalue weighted by Crippen LogP contribution is 2.53. The smallest absolute Gasteiger partial charge is 0.0702 e. The molecule has 2 N–H and O–H groups in total. The molecule has 0 bridgehead atoms. The van der Waals surface area contributed by atoms with E-state index >= 15 is 0 Å². The standard InChI is InChI=1S/C47H40N2/c1-47(2)40-21-13-12-20-36(40)37-23-22-34(30-41(37)47)46-38(31-14-6-3-7-15-31)28-35(29-39(46)32-16-8-4-9-17-32)43-25-27-44-45(49-43)26-24-42(48-44)33-18-10-5-11-19-33/h3-21,24-30,42-43,48-49H,22-23H2,1-2H3. The Morgan fingerprint density at radius 2 is 1.08 bits per heavy atom. The summed E-state index contributed by atoms with van der Waals surface area (Å²) in [5.41, 5.74) is 18.5. The van der Waals surface area contributed by atoms with Crippen LogP contribution in [0, 0.1) is 0 Å². The van der Waals surface area contributed by atoms with Gasteiger partial charge in [0.2, 0.25) is 0 Å². The molecule has 5 aromatic carbocycles. The zero-order valence-corrected chi connectivity index (χ0v) is 28.1. The lowest BCUT2D eigenvalue weighted by molar-refractivity contribution is 0.642. The summed E-state index contributed by atoms with van der Waals surface area (Å²) < 4.78 is 0. The molecule has 2 unspecified atom stereocenters. The second-order valence-electron chi connectivity index (χ2n) is 14.2. The molecule has 0 spiro atoms. The quantitative estimate of drug-likeness (QED) is 0.201. The van der Waals surface area contributed by atoms with Gasteiger partial charge in [0.15, 0.2) is 0 Å². The molecule has 2 aliphatic heterocycles. The molecule has 238 valence electrons. The maximum absolute atomic E-state index is 3.87. The largest absolute Gasteiger partial charge is 0.373 e. The van der Waals surface area contributed by atoms with Gasteiger partial charge in [0.25, 0.3) is 0 Å². The van der Waals surface area contributed by atoms with Gasteiger partial charge in [-0.15, -0.1) is 0 Å². The first-order valence-electron chi connectivity index (χ1n) is 17.6. The molecule has 0 amide bonds. The molecule has 9 rings (SSSR count). The molecule has 2 heteroatoms. The van der Waals surface area contributed by atoms with Crippen molar-refractivity contribution in [1.82, 2.24) is 10.6 Å². The fourth-order valence-electron chi connectivity index (χ4n) is 8.38. The second kappa shape index (κ2) is 11.8. The number of nitrogens with one attached hydrogen (secondary N) is 2. The Balaban J connectivity index is 1.17. The monoisotopic (exact) mass is 632 g/mol. The topological polar surface area (TPSA) is 24.1 Å². The van der Waals surface area contributed by atoms with Crippen molar-refractivity contribution < 1.29 is 0 Å². The molecule has 0 saturated heterocycles. The lowest BCUT2D eigenvalue weighted by Crippen LogP contribution is -2.31. The van der Waals surface area contributed by atoms with Crippen molar-refractivity contribution in [2.24, 2.45) is 0 Å². The van der Waals surface area contributed by atoms with Crippen LogP contribution in [0.25, 0.3) is 33.4 Å². The summed E-state index contributed by atoms with van der Waals surface area (Å²) in [6.07, 6.45) is 13.7. The first kappa shape index (κ1) is 29.5. The normalized spacial score (nSPS) is 20.2. The van der Waals surface area contributed by atoms with Crippen molar-refractivity contribution in [3.8, 4) is 22.3 Å². The van der Waals surface area contributed by atoms with E-state index in [1.54, 1.807) is 0 Å². The third-order valence-corrected chi connectivity index (χ3v) is 10.9. The van der Waals surface area contributed by atoms with E-state index in [1.807, 2.05) is 0 Å². The predicted molar refractivity (Wildman–Crippen MR) is 204 cm³/mol. The van der Waals surface area contributed by atoms with Crippen LogP contribution in [0.4, 0.5) is 0 Å². The number of fused-ring (bicyclic) bond motifs is 2. The molecular formula is C47H40N2. The summed E-state index contributed by atoms with van der Waals surface area (Å²) in [4.78, 5) is 0. The Hall–Kier alpha value is -5.60. The number of hydrogen-bond acceptors (Lipinski definition) is 2. The molecule has 0 saturated carbocycles. The summed E-state index contributed by atoms with van der Waals surface area (Å²) in [5.74, 6) is 0. The van der Waals surface area contributed by atoms with Gasteiger partial charge in [-0.1, -0.05) is 147 Å². The Kier molecular flexibility index (Phi) is 7.13. The summed E-state index contributed by atoms with van der Waals surface area (Å²) in [7, 11) is 0. The fourth-order valence-corrected chi connectivity index (χ4v) is 8.38. The summed E-state index contributed by atoms with van der Waals surface area (Å²) >= 11 is 0. The van der Waals surface area contributed by atoms with Crippen LogP contribution in [-0.4, -0.2) is 0 Å². The Bertz CT molecular complexity index is 2170. The van der Waals surface area contributed by atoms with E-state index in [1.165, 1.54) is 66.8 Å². The van der Waals surface area contributed by atoms with E-state index < -0.39 is 0 Å². The van der Waals surface area contributed by atoms with Gasteiger partial charge in [-0.3, -0.25) is 0 Å². The highest BCUT2D eigenvalue weighted by Gasteiger charge is 2.38. The average Bonchev–Trinajstić information content (AvgIpc) is 3.40. The van der Waals surface area contributed by atoms with Gasteiger partial charge in [-0.25, -0.2) is 0 Å². The molecular weight excluding hydrogens is 593 g/mol. The zero-order chi connectivity index (χ0) is 33.0. The molecule has 5 aromatic rings. The zero-order valence-electron chi connectivity index (χ0n) is 28.1. The lowest BCUT2D eigenvalue weighted by atomic mass is 9.76. The Morgan fingerprint density at radius 1 is 0.551 bits per heavy atom. The summed E-state index contributed by atoms with van der Waals surface area (Å²) in [6, 6.07) is 46.7. The highest BCUT2D eigenvalue weighted by molar-refractivity contribution is 5.96. The van der Waals surface area contributed by atoms with E-state index in [-0.39, 0.29) is 17.5 Å². The van der Waals surface area contributed by atoms with Crippen LogP contribution in [-0.2, 0) is 5.41 Å². The van der Waals surface area contributed by atoms with Gasteiger partial charge in [0, 0.05) is 5.41 Å². The average molecular weight is 633 g/mol. The molecule has 2 nitrogen and oxygen atoms in total. The first-order valence-corrected chi connectivity index (χ1v) is 17.6. The van der Waals surface area contributed by atoms with Crippen LogP contribution >= 0.6 is 0 Å². The van der Waals surface area contributed by atoms with Gasteiger partial charge in [0.1, 0.15) is 0 Å². The number of benzene rings is 5. The van der Waals surface area contributed by atoms with Crippen molar-refractivity contribution in [3.05, 3.63) is 203 Å². The second-order valence-corrected chi connectivity index (χ2v) is 14.2. The van der Waals surface area contributed by atoms with Gasteiger partial charge < -0.3 is 10.6 Å². The number of hydrogen-bond donors (Lipinski definition) is 2. The SMILES string of the molecule is CC1(C)C2=C(CCC(c3c(-c4ccccc4)cc(C4C=CC5=C(C=CC(c6ccccc6)N5)N4)cc3-c3ccccc3)=C2)c2ccccc21. The third kappa shape index (κ3) is 5.11. The maximum Gasteiger partial charge on any atom is 0.0702 e. The fraction of sp³-hybridized carbons (Fsp3) is 0.149. The molecule has 49 heavy (non-hydrogen) atoms. The van der Waals surface area contributed by atoms with Crippen LogP contribution in [0.15, 0.2) is 175 Å². The molecule has 0 aromatic heterocycles. The number of allylic oxidation sites excluding steroid dienone is 6. The van der Waals surface area contributed by atoms with Gasteiger partial charge in [0.05, 0.1) is 23.5 Å². The number of rotatable bonds is 5. The Morgan fingerprint density at radius 3 is 1.69 bits per heavy atom. The third-order valence-electron chi connectivity index (χ3n) is 10.9. The Labute approximate surface area is 289 Å². The molecule has 2 atom stereocenters. The molecule has 4 aliphatic rings. The summed E-state index contributed by atoms with van der Waals surface area (Å²) in [5, 5.41) is 7.61. The van der Waals surface area contributed by atoms with E-state index in [4.69, 9.17) is 0 Å². The minimum atomic E-state index is -0.0271. The van der Waals surface area contributed by atoms with E-state index in [2.05, 4.69) is 182 Å². The van der Waals surface area contributed by atoms with Crippen molar-refractivity contribution >= 4 is 11.1 Å². The number of dihydropyridines is 2. The molecule has 2 heterocycles. The van der Waals surface area contributed by atoms with Crippen LogP contribution in [0.1, 0.15) is 66.6 Å². The molecule has 0 fully saturated rings. The highest BCUT2D eigenvalue weighted by atomic mass is 15.0. The van der Waals surface area contributed by atoms with Crippen LogP contribution < -0.4 is 10.6 Å². The summed E-state index contributed by atoms with van der Waals surface area (Å²) in [6.45, 7) is 4.79. The van der Waals surface area contributed by atoms with Crippen molar-refractivity contribution in [2.75, 3.05) is 0 Å². The lowest BCUT2D eigenvalue weighted by Gasteiger charge is -2.31. The van der Waals surface area contributed by atoms with Gasteiger partial charge >= 0.3 is 0 Å². The maximum atomic E-state index is 3.87. The van der Waals surface area contributed by atoms with Gasteiger partial charge in [-0.2, -0.15) is 0 Å². The molecule has 0 radical (unpaired) electrons. The van der Waals surface area contributed by atoms with Crippen LogP contribution in [0.3, 0.4) is 0 Å². The van der Waals surface area contributed by atoms with E-state index in [0.717, 1.165) is 24.2 Å². The molecule has 2 aliphatic carbocycles. The minimum absolute atomic E-state index is 0.0271. The minimum Gasteiger partial charge on any atom is -0.373 e. The van der Waals surface area contributed by atoms with E-state index in [9.17, 15) is 0 Å². The van der Waals surface area contributed by atoms with Gasteiger partial charge in [-0.05, 0) is 104 Å². The van der Waals surface area contributed by atoms with Crippen molar-refractivity contribution in [2.45, 2.75) is 44.2 Å². The van der Waals surface area contributed by atoms with Crippen molar-refractivity contribution in [1.29, 1.82) is 0 Å². The van der Waals surface area contributed by atoms with Crippen molar-refractivity contribution in [3.63, 3.8) is 0 Å². The predicted octanol–water partition coefficient (Wildman–Crippen LogP) is 11.3. The first-order chi connectivity index (χ1) is 24.0. The van der Waals surface area contributed by atoms with Crippen LogP contribution in [0.2, 0.25) is 0 Å². The van der Waals surface area contributed by atoms with Crippen LogP contribution in [0.5, 0.6) is 0 Å². The van der Waals surface area contributed by atoms with E-state index in [0.29, 0.717) is 0 Å².